The van der Waals surface area contributed by atoms with E-state index in [1.807, 2.05) is 0 Å². The van der Waals surface area contributed by atoms with Crippen molar-refractivity contribution in [2.45, 2.75) is 30.2 Å². The molecular formula is C23H23N5O5S. The van der Waals surface area contributed by atoms with Crippen LogP contribution >= 0.6 is 0 Å². The molecule has 5 rings (SSSR count). The van der Waals surface area contributed by atoms with Crippen LogP contribution in [0.4, 0.5) is 4.79 Å². The Bertz CT molecular complexity index is 1330. The second kappa shape index (κ2) is 7.94. The Labute approximate surface area is 196 Å². The molecule has 4 amide bonds. The van der Waals surface area contributed by atoms with Crippen LogP contribution in [0.2, 0.25) is 0 Å². The van der Waals surface area contributed by atoms with Gasteiger partial charge in [0.15, 0.2) is 5.84 Å². The number of urea groups is 1. The minimum atomic E-state index is -3.77. The molecule has 10 nitrogen and oxygen atoms in total. The molecule has 3 heterocycles. The maximum Gasteiger partial charge on any atom is 0.344 e. The van der Waals surface area contributed by atoms with Gasteiger partial charge in [-0.25, -0.2) is 4.79 Å². The molecule has 3 aliphatic heterocycles. The third-order valence-electron chi connectivity index (χ3n) is 6.47. The summed E-state index contributed by atoms with van der Waals surface area (Å²) in [5, 5.41) is 3.38. The average molecular weight is 482 g/mol. The SMILES string of the molecule is C[C@@]1(c2ccccc2)NC(=O)N(NC(=O)[C@H]2CCCN(C3=NS(=O)(=O)c4ccccc43)C2)C1=O. The number of fused-ring (bicyclic) bond motifs is 1. The van der Waals surface area contributed by atoms with E-state index in [1.54, 1.807) is 60.4 Å². The highest BCUT2D eigenvalue weighted by Crippen LogP contribution is 2.31. The van der Waals surface area contributed by atoms with E-state index in [0.29, 0.717) is 36.3 Å². The number of hydrazine groups is 1. The molecule has 0 unspecified atom stereocenters. The molecule has 2 fully saturated rings. The van der Waals surface area contributed by atoms with E-state index in [2.05, 4.69) is 15.1 Å². The summed E-state index contributed by atoms with van der Waals surface area (Å²) in [4.78, 5) is 40.6. The number of piperidine rings is 1. The van der Waals surface area contributed by atoms with Gasteiger partial charge in [-0.2, -0.15) is 13.4 Å². The van der Waals surface area contributed by atoms with Crippen LogP contribution < -0.4 is 10.7 Å². The Kier molecular flexibility index (Phi) is 5.16. The van der Waals surface area contributed by atoms with Crippen LogP contribution in [0, 0.1) is 5.92 Å². The van der Waals surface area contributed by atoms with Crippen LogP contribution in [0.15, 0.2) is 63.9 Å². The van der Waals surface area contributed by atoms with Crippen LogP contribution in [-0.2, 0) is 25.2 Å². The number of amidine groups is 1. The Balaban J connectivity index is 1.32. The van der Waals surface area contributed by atoms with Gasteiger partial charge in [0.25, 0.3) is 15.9 Å². The summed E-state index contributed by atoms with van der Waals surface area (Å²) >= 11 is 0. The number of sulfonamides is 1. The van der Waals surface area contributed by atoms with Gasteiger partial charge in [-0.1, -0.05) is 42.5 Å². The number of benzene rings is 2. The normalized spacial score (nSPS) is 25.6. The second-order valence-electron chi connectivity index (χ2n) is 8.71. The Morgan fingerprint density at radius 1 is 1.12 bits per heavy atom. The van der Waals surface area contributed by atoms with Crippen molar-refractivity contribution in [2.24, 2.45) is 10.3 Å². The number of rotatable bonds is 3. The number of carbonyl (C=O) groups is 3. The molecule has 0 radical (unpaired) electrons. The van der Waals surface area contributed by atoms with Crippen molar-refractivity contribution in [1.29, 1.82) is 0 Å². The molecule has 0 bridgehead atoms. The van der Waals surface area contributed by atoms with Gasteiger partial charge in [-0.3, -0.25) is 15.0 Å². The lowest BCUT2D eigenvalue weighted by molar-refractivity contribution is -0.141. The summed E-state index contributed by atoms with van der Waals surface area (Å²) in [6.45, 7) is 2.35. The van der Waals surface area contributed by atoms with Gasteiger partial charge in [0, 0.05) is 18.7 Å². The highest BCUT2D eigenvalue weighted by atomic mass is 32.2. The molecule has 176 valence electrons. The van der Waals surface area contributed by atoms with Gasteiger partial charge in [0.05, 0.1) is 5.92 Å². The Morgan fingerprint density at radius 2 is 1.82 bits per heavy atom. The summed E-state index contributed by atoms with van der Waals surface area (Å²) in [5.41, 5.74) is 2.29. The number of nitrogens with one attached hydrogen (secondary N) is 2. The lowest BCUT2D eigenvalue weighted by Crippen LogP contribution is -2.52. The van der Waals surface area contributed by atoms with Crippen LogP contribution in [0.1, 0.15) is 30.9 Å². The summed E-state index contributed by atoms with van der Waals surface area (Å²) in [6, 6.07) is 14.7. The monoisotopic (exact) mass is 481 g/mol. The van der Waals surface area contributed by atoms with Crippen molar-refractivity contribution in [3.63, 3.8) is 0 Å². The minimum absolute atomic E-state index is 0.149. The van der Waals surface area contributed by atoms with Crippen LogP contribution in [-0.4, -0.2) is 55.1 Å². The van der Waals surface area contributed by atoms with Crippen molar-refractivity contribution in [1.82, 2.24) is 20.7 Å². The summed E-state index contributed by atoms with van der Waals surface area (Å²) < 4.78 is 28.8. The van der Waals surface area contributed by atoms with Crippen molar-refractivity contribution < 1.29 is 22.8 Å². The molecule has 2 N–H and O–H groups in total. The second-order valence-corrected chi connectivity index (χ2v) is 10.3. The number of nitrogens with zero attached hydrogens (tertiary/aromatic N) is 3. The Hall–Kier alpha value is -3.73. The summed E-state index contributed by atoms with van der Waals surface area (Å²) in [5.74, 6) is -1.30. The minimum Gasteiger partial charge on any atom is -0.355 e. The van der Waals surface area contributed by atoms with Gasteiger partial charge >= 0.3 is 6.03 Å². The third kappa shape index (κ3) is 3.52. The maximum absolute atomic E-state index is 13.1. The third-order valence-corrected chi connectivity index (χ3v) is 7.79. The molecule has 0 saturated carbocycles. The quantitative estimate of drug-likeness (QED) is 0.637. The van der Waals surface area contributed by atoms with Gasteiger partial charge in [0.1, 0.15) is 10.4 Å². The first-order valence-corrected chi connectivity index (χ1v) is 12.4. The highest BCUT2D eigenvalue weighted by molar-refractivity contribution is 7.90. The fraction of sp³-hybridized carbons (Fsp3) is 0.304. The van der Waals surface area contributed by atoms with E-state index < -0.39 is 39.3 Å². The van der Waals surface area contributed by atoms with Crippen LogP contribution in [0.5, 0.6) is 0 Å². The molecule has 3 aliphatic rings. The number of amides is 4. The number of imide groups is 1. The predicted molar refractivity (Wildman–Crippen MR) is 122 cm³/mol. The zero-order chi connectivity index (χ0) is 24.1. The van der Waals surface area contributed by atoms with E-state index in [-0.39, 0.29) is 11.4 Å². The molecule has 2 atom stereocenters. The molecule has 0 aliphatic carbocycles. The summed E-state index contributed by atoms with van der Waals surface area (Å²) in [6.07, 6.45) is 1.16. The van der Waals surface area contributed by atoms with Crippen molar-refractivity contribution in [2.75, 3.05) is 13.1 Å². The van der Waals surface area contributed by atoms with E-state index >= 15 is 0 Å². The average Bonchev–Trinajstić information content (AvgIpc) is 3.25. The topological polar surface area (TPSA) is 128 Å². The van der Waals surface area contributed by atoms with Crippen molar-refractivity contribution >= 4 is 33.7 Å². The lowest BCUT2D eigenvalue weighted by Gasteiger charge is -2.33. The zero-order valence-electron chi connectivity index (χ0n) is 18.4. The molecule has 0 aromatic heterocycles. The first-order chi connectivity index (χ1) is 16.2. The molecular weight excluding hydrogens is 458 g/mol. The van der Waals surface area contributed by atoms with Gasteiger partial charge in [-0.05, 0) is 37.5 Å². The largest absolute Gasteiger partial charge is 0.355 e. The first-order valence-electron chi connectivity index (χ1n) is 10.9. The van der Waals surface area contributed by atoms with E-state index in [0.717, 1.165) is 5.01 Å². The summed E-state index contributed by atoms with van der Waals surface area (Å²) in [7, 11) is -3.77. The van der Waals surface area contributed by atoms with Gasteiger partial charge < -0.3 is 10.2 Å². The van der Waals surface area contributed by atoms with Crippen LogP contribution in [0.25, 0.3) is 0 Å². The van der Waals surface area contributed by atoms with Gasteiger partial charge in [0.2, 0.25) is 5.91 Å². The zero-order valence-corrected chi connectivity index (χ0v) is 19.2. The standard InChI is InChI=1S/C23H23N5O5S/c1-23(16-9-3-2-4-10-16)21(30)28(22(31)24-23)25-20(29)15-8-7-13-27(14-15)19-17-11-5-6-12-18(17)34(32,33)26-19/h2-6,9-12,15H,7-8,13-14H2,1H3,(H,24,31)(H,25,29)/t15-,23-/m0/s1. The number of hydrogen-bond donors (Lipinski definition) is 2. The molecule has 2 aromatic rings. The number of carbonyl (C=O) groups excluding carboxylic acids is 3. The number of likely N-dealkylation sites (tertiary alicyclic amines) is 1. The fourth-order valence-electron chi connectivity index (χ4n) is 4.61. The van der Waals surface area contributed by atoms with Gasteiger partial charge in [-0.15, -0.1) is 4.40 Å². The van der Waals surface area contributed by atoms with Crippen molar-refractivity contribution in [3.05, 3.63) is 65.7 Å². The molecule has 34 heavy (non-hydrogen) atoms. The smallest absolute Gasteiger partial charge is 0.344 e. The van der Waals surface area contributed by atoms with E-state index in [9.17, 15) is 22.8 Å². The van der Waals surface area contributed by atoms with Crippen LogP contribution in [0.3, 0.4) is 0 Å². The molecule has 2 saturated heterocycles. The van der Waals surface area contributed by atoms with E-state index in [4.69, 9.17) is 0 Å². The predicted octanol–water partition coefficient (Wildman–Crippen LogP) is 1.35. The highest BCUT2D eigenvalue weighted by Gasteiger charge is 2.50. The molecule has 2 aromatic carbocycles. The number of hydrogen-bond acceptors (Lipinski definition) is 6. The van der Waals surface area contributed by atoms with E-state index in [1.165, 1.54) is 6.07 Å². The lowest BCUT2D eigenvalue weighted by atomic mass is 9.92. The maximum atomic E-state index is 13.1. The molecule has 11 heteroatoms. The fourth-order valence-corrected chi connectivity index (χ4v) is 5.84. The Morgan fingerprint density at radius 3 is 2.59 bits per heavy atom. The first kappa shape index (κ1) is 22.1. The molecule has 0 spiro atoms. The van der Waals surface area contributed by atoms with Crippen molar-refractivity contribution in [3.8, 4) is 0 Å².